The Balaban J connectivity index is 2.89. The van der Waals surface area contributed by atoms with Crippen LogP contribution < -0.4 is 0 Å². The zero-order valence-electron chi connectivity index (χ0n) is 7.34. The summed E-state index contributed by atoms with van der Waals surface area (Å²) in [4.78, 5) is 24.1. The summed E-state index contributed by atoms with van der Waals surface area (Å²) in [6.07, 6.45) is 4.98. The van der Waals surface area contributed by atoms with E-state index in [0.717, 1.165) is 0 Å². The SMILES string of the molecule is O=CC=Cc1c[nH]c(C(=O)C(Cl)(Cl)Cl)c1. The molecule has 0 bridgehead atoms. The van der Waals surface area contributed by atoms with Gasteiger partial charge in [0.15, 0.2) is 0 Å². The van der Waals surface area contributed by atoms with Crippen molar-refractivity contribution in [2.45, 2.75) is 3.79 Å². The number of alkyl halides is 3. The number of aromatic amines is 1. The number of H-pyrrole nitrogens is 1. The average Bonchev–Trinajstić information content (AvgIpc) is 2.60. The van der Waals surface area contributed by atoms with Crippen LogP contribution in [0.5, 0.6) is 0 Å². The highest BCUT2D eigenvalue weighted by molar-refractivity contribution is 6.77. The van der Waals surface area contributed by atoms with Crippen molar-refractivity contribution in [2.24, 2.45) is 0 Å². The number of aromatic nitrogens is 1. The van der Waals surface area contributed by atoms with Gasteiger partial charge in [0.05, 0.1) is 5.69 Å². The molecule has 0 saturated carbocycles. The third-order valence-corrected chi connectivity index (χ3v) is 2.09. The Morgan fingerprint density at radius 1 is 1.40 bits per heavy atom. The van der Waals surface area contributed by atoms with Gasteiger partial charge in [0.25, 0.3) is 3.79 Å². The molecule has 1 heterocycles. The highest BCUT2D eigenvalue weighted by Crippen LogP contribution is 2.30. The molecule has 0 amide bonds. The van der Waals surface area contributed by atoms with Crippen molar-refractivity contribution in [1.29, 1.82) is 0 Å². The van der Waals surface area contributed by atoms with E-state index in [1.807, 2.05) is 0 Å². The Morgan fingerprint density at radius 2 is 2.07 bits per heavy atom. The number of hydrogen-bond acceptors (Lipinski definition) is 2. The minimum absolute atomic E-state index is 0.181. The smallest absolute Gasteiger partial charge is 0.254 e. The second kappa shape index (κ2) is 4.84. The van der Waals surface area contributed by atoms with Crippen molar-refractivity contribution in [3.05, 3.63) is 29.6 Å². The van der Waals surface area contributed by atoms with E-state index in [9.17, 15) is 9.59 Å². The lowest BCUT2D eigenvalue weighted by atomic mass is 10.2. The summed E-state index contributed by atoms with van der Waals surface area (Å²) in [5.74, 6) is -0.641. The maximum atomic E-state index is 11.4. The van der Waals surface area contributed by atoms with Gasteiger partial charge in [-0.05, 0) is 17.7 Å². The quantitative estimate of drug-likeness (QED) is 0.396. The molecule has 1 aromatic rings. The van der Waals surface area contributed by atoms with Gasteiger partial charge in [-0.15, -0.1) is 0 Å². The molecule has 0 aliphatic heterocycles. The molecular weight excluding hydrogens is 260 g/mol. The van der Waals surface area contributed by atoms with Gasteiger partial charge in [-0.3, -0.25) is 9.59 Å². The van der Waals surface area contributed by atoms with Gasteiger partial charge in [-0.1, -0.05) is 40.9 Å². The van der Waals surface area contributed by atoms with E-state index in [-0.39, 0.29) is 5.69 Å². The molecule has 15 heavy (non-hydrogen) atoms. The van der Waals surface area contributed by atoms with Crippen LogP contribution >= 0.6 is 34.8 Å². The van der Waals surface area contributed by atoms with E-state index in [1.54, 1.807) is 0 Å². The Morgan fingerprint density at radius 3 is 2.60 bits per heavy atom. The molecule has 6 heteroatoms. The fourth-order valence-electron chi connectivity index (χ4n) is 0.941. The molecule has 0 fully saturated rings. The first-order valence-corrected chi connectivity index (χ1v) is 5.00. The summed E-state index contributed by atoms with van der Waals surface area (Å²) < 4.78 is -1.98. The van der Waals surface area contributed by atoms with E-state index in [2.05, 4.69) is 4.98 Å². The number of aldehydes is 1. The van der Waals surface area contributed by atoms with Crippen LogP contribution in [-0.4, -0.2) is 20.8 Å². The number of allylic oxidation sites excluding steroid dienone is 1. The first-order chi connectivity index (χ1) is 6.95. The molecule has 0 aliphatic carbocycles. The summed E-state index contributed by atoms with van der Waals surface area (Å²) in [6, 6.07) is 1.49. The second-order valence-corrected chi connectivity index (χ2v) is 4.95. The predicted octanol–water partition coefficient (Wildman–Crippen LogP) is 2.78. The standard InChI is InChI=1S/C9H6Cl3NO2/c10-9(11,12)8(15)7-4-6(5-13-7)2-1-3-14/h1-5,13H. The van der Waals surface area contributed by atoms with Gasteiger partial charge in [-0.25, -0.2) is 0 Å². The zero-order valence-corrected chi connectivity index (χ0v) is 9.60. The second-order valence-electron chi connectivity index (χ2n) is 2.67. The van der Waals surface area contributed by atoms with Crippen molar-refractivity contribution >= 4 is 52.9 Å². The summed E-state index contributed by atoms with van der Waals surface area (Å²) in [5, 5.41) is 0. The van der Waals surface area contributed by atoms with Gasteiger partial charge in [-0.2, -0.15) is 0 Å². The number of halogens is 3. The van der Waals surface area contributed by atoms with Crippen molar-refractivity contribution in [3.8, 4) is 0 Å². The van der Waals surface area contributed by atoms with Crippen LogP contribution in [0.4, 0.5) is 0 Å². The third kappa shape index (κ3) is 3.38. The molecule has 0 spiro atoms. The monoisotopic (exact) mass is 265 g/mol. The lowest BCUT2D eigenvalue weighted by molar-refractivity contribution is -0.104. The normalized spacial score (nSPS) is 11.9. The maximum absolute atomic E-state index is 11.4. The largest absolute Gasteiger partial charge is 0.358 e. The Hall–Kier alpha value is -0.770. The molecule has 1 N–H and O–H groups in total. The first-order valence-electron chi connectivity index (χ1n) is 3.87. The van der Waals surface area contributed by atoms with E-state index in [1.165, 1.54) is 24.4 Å². The predicted molar refractivity (Wildman–Crippen MR) is 60.5 cm³/mol. The van der Waals surface area contributed by atoms with Crippen LogP contribution in [0, 0.1) is 0 Å². The topological polar surface area (TPSA) is 49.9 Å². The maximum Gasteiger partial charge on any atom is 0.254 e. The average molecular weight is 267 g/mol. The molecule has 0 unspecified atom stereocenters. The van der Waals surface area contributed by atoms with Crippen LogP contribution in [0.15, 0.2) is 18.3 Å². The molecule has 0 radical (unpaired) electrons. The Bertz CT molecular complexity index is 404. The van der Waals surface area contributed by atoms with E-state index in [4.69, 9.17) is 34.8 Å². The zero-order chi connectivity index (χ0) is 11.5. The Kier molecular flexibility index (Phi) is 3.97. The summed E-state index contributed by atoms with van der Waals surface area (Å²) in [7, 11) is 0. The molecule has 0 aromatic carbocycles. The van der Waals surface area contributed by atoms with Gasteiger partial charge in [0, 0.05) is 6.20 Å². The van der Waals surface area contributed by atoms with Crippen LogP contribution in [0.25, 0.3) is 6.08 Å². The van der Waals surface area contributed by atoms with Gasteiger partial charge in [0.1, 0.15) is 6.29 Å². The van der Waals surface area contributed by atoms with E-state index >= 15 is 0 Å². The molecule has 80 valence electrons. The van der Waals surface area contributed by atoms with Gasteiger partial charge >= 0.3 is 0 Å². The number of rotatable bonds is 3. The van der Waals surface area contributed by atoms with Crippen LogP contribution in [0.2, 0.25) is 0 Å². The number of carbonyl (C=O) groups excluding carboxylic acids is 2. The van der Waals surface area contributed by atoms with E-state index in [0.29, 0.717) is 11.8 Å². The highest BCUT2D eigenvalue weighted by Gasteiger charge is 2.32. The molecule has 1 rings (SSSR count). The van der Waals surface area contributed by atoms with Crippen LogP contribution in [0.3, 0.4) is 0 Å². The number of Topliss-reactive ketones (excluding diaryl/α,β-unsaturated/α-hetero) is 1. The third-order valence-electron chi connectivity index (χ3n) is 1.57. The number of ketones is 1. The summed E-state index contributed by atoms with van der Waals surface area (Å²) in [6.45, 7) is 0. The molecule has 0 saturated heterocycles. The minimum atomic E-state index is -1.98. The van der Waals surface area contributed by atoms with Crippen LogP contribution in [-0.2, 0) is 4.79 Å². The van der Waals surface area contributed by atoms with E-state index < -0.39 is 9.58 Å². The lowest BCUT2D eigenvalue weighted by Gasteiger charge is -2.06. The number of nitrogens with one attached hydrogen (secondary N) is 1. The van der Waals surface area contributed by atoms with Crippen molar-refractivity contribution in [2.75, 3.05) is 0 Å². The summed E-state index contributed by atoms with van der Waals surface area (Å²) in [5.41, 5.74) is 0.834. The lowest BCUT2D eigenvalue weighted by Crippen LogP contribution is -2.19. The van der Waals surface area contributed by atoms with Crippen molar-refractivity contribution < 1.29 is 9.59 Å². The highest BCUT2D eigenvalue weighted by atomic mass is 35.6. The molecule has 0 atom stereocenters. The molecule has 1 aromatic heterocycles. The fraction of sp³-hybridized carbons (Fsp3) is 0.111. The van der Waals surface area contributed by atoms with Gasteiger partial charge < -0.3 is 4.98 Å². The molecule has 0 aliphatic rings. The molecular formula is C9H6Cl3NO2. The fourth-order valence-corrected chi connectivity index (χ4v) is 1.25. The first kappa shape index (κ1) is 12.3. The minimum Gasteiger partial charge on any atom is -0.358 e. The summed E-state index contributed by atoms with van der Waals surface area (Å²) >= 11 is 16.3. The Labute approximate surface area is 101 Å². The number of hydrogen-bond donors (Lipinski definition) is 1. The number of carbonyl (C=O) groups is 2. The van der Waals surface area contributed by atoms with Crippen molar-refractivity contribution in [3.63, 3.8) is 0 Å². The van der Waals surface area contributed by atoms with Crippen LogP contribution in [0.1, 0.15) is 16.1 Å². The van der Waals surface area contributed by atoms with Gasteiger partial charge in [0.2, 0.25) is 5.78 Å². The molecule has 3 nitrogen and oxygen atoms in total. The van der Waals surface area contributed by atoms with Crippen molar-refractivity contribution in [1.82, 2.24) is 4.98 Å².